The molecule has 0 aromatic carbocycles. The van der Waals surface area contributed by atoms with Crippen LogP contribution in [0.2, 0.25) is 0 Å². The summed E-state index contributed by atoms with van der Waals surface area (Å²) < 4.78 is 0. The molecule has 2 aliphatic heterocycles. The molecule has 1 fully saturated rings. The lowest BCUT2D eigenvalue weighted by molar-refractivity contribution is -0.134. The van der Waals surface area contributed by atoms with E-state index in [1.807, 2.05) is 16.2 Å². The van der Waals surface area contributed by atoms with Crippen molar-refractivity contribution < 1.29 is 4.79 Å². The van der Waals surface area contributed by atoms with E-state index in [1.54, 1.807) is 0 Å². The number of fused-ring (bicyclic) bond motifs is 1. The molecular formula is C14H21N3OS. The van der Waals surface area contributed by atoms with Crippen molar-refractivity contribution in [1.82, 2.24) is 15.1 Å². The minimum Gasteiger partial charge on any atom is -0.337 e. The van der Waals surface area contributed by atoms with Crippen LogP contribution in [0.4, 0.5) is 0 Å². The van der Waals surface area contributed by atoms with Gasteiger partial charge in [0, 0.05) is 37.1 Å². The highest BCUT2D eigenvalue weighted by Gasteiger charge is 2.28. The zero-order chi connectivity index (χ0) is 13.2. The predicted molar refractivity (Wildman–Crippen MR) is 77.3 cm³/mol. The van der Waals surface area contributed by atoms with Gasteiger partial charge in [-0.1, -0.05) is 6.92 Å². The van der Waals surface area contributed by atoms with Gasteiger partial charge < -0.3 is 10.2 Å². The quantitative estimate of drug-likeness (QED) is 0.890. The molecule has 4 nitrogen and oxygen atoms in total. The molecular weight excluding hydrogens is 258 g/mol. The van der Waals surface area contributed by atoms with Crippen LogP contribution in [0.15, 0.2) is 11.4 Å². The Hall–Kier alpha value is -0.910. The van der Waals surface area contributed by atoms with E-state index in [9.17, 15) is 4.79 Å². The average Bonchev–Trinajstić information content (AvgIpc) is 2.82. The molecule has 0 atom stereocenters. The molecule has 1 saturated heterocycles. The maximum Gasteiger partial charge on any atom is 0.237 e. The van der Waals surface area contributed by atoms with Gasteiger partial charge in [0.25, 0.3) is 0 Å². The minimum absolute atomic E-state index is 0.283. The van der Waals surface area contributed by atoms with Crippen molar-refractivity contribution in [3.05, 3.63) is 21.9 Å². The standard InChI is InChI=1S/C14H21N3OS/c1-2-16(12-7-15-8-12)10-14(18)17-5-3-13-11(9-17)4-6-19-13/h4,6,12,15H,2-3,5,7-10H2,1H3. The van der Waals surface area contributed by atoms with Crippen LogP contribution in [0.3, 0.4) is 0 Å². The highest BCUT2D eigenvalue weighted by Crippen LogP contribution is 2.24. The number of carbonyl (C=O) groups excluding carboxylic acids is 1. The largest absolute Gasteiger partial charge is 0.337 e. The Morgan fingerprint density at radius 2 is 2.42 bits per heavy atom. The lowest BCUT2D eigenvalue weighted by Crippen LogP contribution is -2.59. The third-order valence-corrected chi connectivity index (χ3v) is 5.20. The Morgan fingerprint density at radius 3 is 3.11 bits per heavy atom. The van der Waals surface area contributed by atoms with Gasteiger partial charge in [0.05, 0.1) is 6.54 Å². The van der Waals surface area contributed by atoms with Gasteiger partial charge in [-0.3, -0.25) is 9.69 Å². The summed E-state index contributed by atoms with van der Waals surface area (Å²) in [6.07, 6.45) is 1.02. The smallest absolute Gasteiger partial charge is 0.237 e. The molecule has 1 N–H and O–H groups in total. The number of hydrogen-bond acceptors (Lipinski definition) is 4. The topological polar surface area (TPSA) is 35.6 Å². The van der Waals surface area contributed by atoms with E-state index in [2.05, 4.69) is 28.6 Å². The number of thiophene rings is 1. The number of amides is 1. The monoisotopic (exact) mass is 279 g/mol. The molecule has 1 aromatic rings. The first-order chi connectivity index (χ1) is 9.28. The number of rotatable bonds is 4. The van der Waals surface area contributed by atoms with Crippen LogP contribution < -0.4 is 5.32 Å². The fourth-order valence-corrected chi connectivity index (χ4v) is 3.66. The number of likely N-dealkylation sites (N-methyl/N-ethyl adjacent to an activating group) is 1. The van der Waals surface area contributed by atoms with Crippen molar-refractivity contribution in [2.75, 3.05) is 32.7 Å². The second-order valence-corrected chi connectivity index (χ2v) is 6.31. The average molecular weight is 279 g/mol. The summed E-state index contributed by atoms with van der Waals surface area (Å²) in [5.74, 6) is 0.283. The van der Waals surface area contributed by atoms with E-state index in [1.165, 1.54) is 10.4 Å². The lowest BCUT2D eigenvalue weighted by atomic mass is 10.1. The molecule has 3 rings (SSSR count). The van der Waals surface area contributed by atoms with Gasteiger partial charge in [0.15, 0.2) is 0 Å². The summed E-state index contributed by atoms with van der Waals surface area (Å²) >= 11 is 1.82. The highest BCUT2D eigenvalue weighted by atomic mass is 32.1. The molecule has 1 amide bonds. The van der Waals surface area contributed by atoms with Crippen LogP contribution in [0.1, 0.15) is 17.4 Å². The summed E-state index contributed by atoms with van der Waals surface area (Å²) in [6, 6.07) is 2.71. The lowest BCUT2D eigenvalue weighted by Gasteiger charge is -2.38. The first kappa shape index (κ1) is 13.1. The van der Waals surface area contributed by atoms with Crippen molar-refractivity contribution in [1.29, 1.82) is 0 Å². The maximum atomic E-state index is 12.4. The van der Waals surface area contributed by atoms with E-state index in [0.717, 1.165) is 39.1 Å². The Labute approximate surface area is 118 Å². The third-order valence-electron chi connectivity index (χ3n) is 4.18. The first-order valence-corrected chi connectivity index (χ1v) is 7.93. The van der Waals surface area contributed by atoms with Gasteiger partial charge in [-0.2, -0.15) is 0 Å². The second-order valence-electron chi connectivity index (χ2n) is 5.31. The van der Waals surface area contributed by atoms with Crippen LogP contribution in [0, 0.1) is 0 Å². The van der Waals surface area contributed by atoms with E-state index in [4.69, 9.17) is 0 Å². The SMILES string of the molecule is CCN(CC(=O)N1CCc2sccc2C1)C1CNC1. The highest BCUT2D eigenvalue weighted by molar-refractivity contribution is 7.10. The van der Waals surface area contributed by atoms with Crippen molar-refractivity contribution in [3.8, 4) is 0 Å². The fourth-order valence-electron chi connectivity index (χ4n) is 2.77. The summed E-state index contributed by atoms with van der Waals surface area (Å²) in [7, 11) is 0. The van der Waals surface area contributed by atoms with Gasteiger partial charge in [0.2, 0.25) is 5.91 Å². The van der Waals surface area contributed by atoms with Crippen molar-refractivity contribution in [3.63, 3.8) is 0 Å². The van der Waals surface area contributed by atoms with E-state index in [0.29, 0.717) is 12.6 Å². The molecule has 104 valence electrons. The van der Waals surface area contributed by atoms with Gasteiger partial charge in [-0.05, 0) is 30.0 Å². The van der Waals surface area contributed by atoms with Gasteiger partial charge >= 0.3 is 0 Å². The summed E-state index contributed by atoms with van der Waals surface area (Å²) in [5, 5.41) is 5.41. The molecule has 5 heteroatoms. The second kappa shape index (κ2) is 5.61. The molecule has 3 heterocycles. The Balaban J connectivity index is 1.58. The number of nitrogens with one attached hydrogen (secondary N) is 1. The number of hydrogen-bond donors (Lipinski definition) is 1. The Kier molecular flexibility index (Phi) is 3.86. The predicted octanol–water partition coefficient (Wildman–Crippen LogP) is 0.927. The van der Waals surface area contributed by atoms with Crippen molar-refractivity contribution in [2.45, 2.75) is 25.9 Å². The zero-order valence-electron chi connectivity index (χ0n) is 11.4. The van der Waals surface area contributed by atoms with Gasteiger partial charge in [0.1, 0.15) is 0 Å². The molecule has 2 aliphatic rings. The molecule has 0 spiro atoms. The molecule has 0 radical (unpaired) electrons. The minimum atomic E-state index is 0.283. The molecule has 0 unspecified atom stereocenters. The van der Waals surface area contributed by atoms with Crippen LogP contribution in [0.25, 0.3) is 0 Å². The van der Waals surface area contributed by atoms with Crippen LogP contribution >= 0.6 is 11.3 Å². The van der Waals surface area contributed by atoms with E-state index < -0.39 is 0 Å². The molecule has 0 aliphatic carbocycles. The number of carbonyl (C=O) groups is 1. The van der Waals surface area contributed by atoms with E-state index >= 15 is 0 Å². The van der Waals surface area contributed by atoms with Crippen molar-refractivity contribution >= 4 is 17.2 Å². The van der Waals surface area contributed by atoms with Crippen LogP contribution in [-0.4, -0.2) is 54.5 Å². The maximum absolute atomic E-state index is 12.4. The molecule has 19 heavy (non-hydrogen) atoms. The normalized spacial score (nSPS) is 19.4. The van der Waals surface area contributed by atoms with Gasteiger partial charge in [-0.15, -0.1) is 11.3 Å². The third kappa shape index (κ3) is 2.68. The first-order valence-electron chi connectivity index (χ1n) is 7.05. The van der Waals surface area contributed by atoms with Crippen LogP contribution in [-0.2, 0) is 17.8 Å². The zero-order valence-corrected chi connectivity index (χ0v) is 12.2. The summed E-state index contributed by atoms with van der Waals surface area (Å²) in [6.45, 7) is 7.40. The Bertz CT molecular complexity index is 455. The molecule has 0 bridgehead atoms. The Morgan fingerprint density at radius 1 is 1.58 bits per heavy atom. The van der Waals surface area contributed by atoms with E-state index in [-0.39, 0.29) is 5.91 Å². The summed E-state index contributed by atoms with van der Waals surface area (Å²) in [4.78, 5) is 18.2. The molecule has 0 saturated carbocycles. The van der Waals surface area contributed by atoms with Crippen molar-refractivity contribution in [2.24, 2.45) is 0 Å². The fraction of sp³-hybridized carbons (Fsp3) is 0.643. The van der Waals surface area contributed by atoms with Gasteiger partial charge in [-0.25, -0.2) is 0 Å². The molecule has 1 aromatic heterocycles. The number of nitrogens with zero attached hydrogens (tertiary/aromatic N) is 2. The summed E-state index contributed by atoms with van der Waals surface area (Å²) in [5.41, 5.74) is 1.35. The van der Waals surface area contributed by atoms with Crippen LogP contribution in [0.5, 0.6) is 0 Å².